The Kier molecular flexibility index (Phi) is 7.54. The molecule has 9 heteroatoms. The second-order valence-electron chi connectivity index (χ2n) is 7.95. The fourth-order valence-corrected chi connectivity index (χ4v) is 5.13. The van der Waals surface area contributed by atoms with Crippen LogP contribution in [-0.4, -0.2) is 55.6 Å². The quantitative estimate of drug-likeness (QED) is 0.462. The van der Waals surface area contributed by atoms with Gasteiger partial charge in [0.1, 0.15) is 17.2 Å². The molecular weight excluding hydrogens is 456 g/mol. The Balaban J connectivity index is 1.54. The number of nitrogens with zero attached hydrogens (tertiary/aromatic N) is 2. The molecule has 1 amide bonds. The topological polar surface area (TPSA) is 83.6 Å². The number of anilines is 1. The first kappa shape index (κ1) is 23.2. The zero-order valence-corrected chi connectivity index (χ0v) is 20.2. The maximum Gasteiger partial charge on any atom is 0.348 e. The van der Waals surface area contributed by atoms with E-state index in [9.17, 15) is 9.59 Å². The largest absolute Gasteiger partial charge is 0.460 e. The molecule has 7 nitrogen and oxygen atoms in total. The van der Waals surface area contributed by atoms with Crippen molar-refractivity contribution in [2.24, 2.45) is 0 Å². The van der Waals surface area contributed by atoms with E-state index < -0.39 is 0 Å². The molecular formula is C24H26N4O3S2. The van der Waals surface area contributed by atoms with Crippen LogP contribution in [0.4, 0.5) is 5.69 Å². The first-order valence-corrected chi connectivity index (χ1v) is 12.4. The molecule has 4 rings (SSSR count). The van der Waals surface area contributed by atoms with Crippen LogP contribution in [0.15, 0.2) is 53.5 Å². The van der Waals surface area contributed by atoms with Crippen molar-refractivity contribution in [3.8, 4) is 10.4 Å². The number of hydrogen-bond donors (Lipinski definition) is 2. The molecule has 0 aliphatic carbocycles. The molecule has 172 valence electrons. The van der Waals surface area contributed by atoms with E-state index in [1.165, 1.54) is 22.7 Å². The summed E-state index contributed by atoms with van der Waals surface area (Å²) in [6.07, 6.45) is 4.97. The zero-order valence-electron chi connectivity index (χ0n) is 18.5. The minimum absolute atomic E-state index is 0.171. The van der Waals surface area contributed by atoms with Gasteiger partial charge in [0.05, 0.1) is 5.51 Å². The third-order valence-corrected chi connectivity index (χ3v) is 7.02. The second-order valence-corrected chi connectivity index (χ2v) is 9.72. The number of benzene rings is 1. The average molecular weight is 483 g/mol. The number of nitrogens with one attached hydrogen (secondary N) is 2. The van der Waals surface area contributed by atoms with Gasteiger partial charge in [-0.25, -0.2) is 9.78 Å². The number of carbonyl (C=O) groups excluding carboxylic acids is 2. The fourth-order valence-electron chi connectivity index (χ4n) is 3.47. The van der Waals surface area contributed by atoms with Crippen LogP contribution in [0.1, 0.15) is 38.1 Å². The molecule has 1 aromatic carbocycles. The maximum atomic E-state index is 12.9. The lowest BCUT2D eigenvalue weighted by Gasteiger charge is -2.18. The van der Waals surface area contributed by atoms with Crippen LogP contribution in [0.3, 0.4) is 0 Å². The van der Waals surface area contributed by atoms with E-state index in [1.54, 1.807) is 10.9 Å². The molecule has 0 radical (unpaired) electrons. The van der Waals surface area contributed by atoms with Crippen LogP contribution < -0.4 is 10.6 Å². The van der Waals surface area contributed by atoms with Crippen molar-refractivity contribution in [1.82, 2.24) is 15.2 Å². The fraction of sp³-hybridized carbons (Fsp3) is 0.292. The van der Waals surface area contributed by atoms with Gasteiger partial charge in [-0.15, -0.1) is 22.7 Å². The first-order chi connectivity index (χ1) is 16.0. The van der Waals surface area contributed by atoms with Gasteiger partial charge in [0.2, 0.25) is 0 Å². The summed E-state index contributed by atoms with van der Waals surface area (Å²) in [5.74, 6) is -0.339. The minimum atomic E-state index is -0.276. The zero-order chi connectivity index (χ0) is 23.2. The molecule has 1 aliphatic rings. The van der Waals surface area contributed by atoms with E-state index in [1.807, 2.05) is 49.5 Å². The molecule has 0 bridgehead atoms. The Morgan fingerprint density at radius 3 is 2.76 bits per heavy atom. The van der Waals surface area contributed by atoms with E-state index in [0.717, 1.165) is 29.0 Å². The minimum Gasteiger partial charge on any atom is -0.460 e. The monoisotopic (exact) mass is 482 g/mol. The second kappa shape index (κ2) is 10.7. The molecule has 0 fully saturated rings. The number of hydrogen-bond acceptors (Lipinski definition) is 8. The van der Waals surface area contributed by atoms with Crippen LogP contribution in [-0.2, 0) is 4.74 Å². The molecule has 33 heavy (non-hydrogen) atoms. The van der Waals surface area contributed by atoms with E-state index in [0.29, 0.717) is 29.4 Å². The van der Waals surface area contributed by atoms with Gasteiger partial charge in [0.25, 0.3) is 5.91 Å². The Morgan fingerprint density at radius 1 is 1.27 bits per heavy atom. The molecule has 2 N–H and O–H groups in total. The van der Waals surface area contributed by atoms with Crippen molar-refractivity contribution in [2.45, 2.75) is 12.3 Å². The van der Waals surface area contributed by atoms with Gasteiger partial charge >= 0.3 is 5.97 Å². The predicted molar refractivity (Wildman–Crippen MR) is 133 cm³/mol. The maximum absolute atomic E-state index is 12.9. The summed E-state index contributed by atoms with van der Waals surface area (Å²) in [5.41, 5.74) is 4.71. The number of likely N-dealkylation sites (N-methyl/N-ethyl adjacent to an activating group) is 1. The SMILES string of the molecule is CN(C)CCOC(=O)c1sc(-c2ccc(NC(=O)c3cscn3)cc2)cc1C1C=CNCC1. The van der Waals surface area contributed by atoms with E-state index in [-0.39, 0.29) is 17.8 Å². The highest BCUT2D eigenvalue weighted by Gasteiger charge is 2.24. The Morgan fingerprint density at radius 2 is 2.09 bits per heavy atom. The molecule has 3 aromatic rings. The van der Waals surface area contributed by atoms with Crippen LogP contribution in [0.2, 0.25) is 0 Å². The first-order valence-electron chi connectivity index (χ1n) is 10.7. The van der Waals surface area contributed by atoms with Crippen molar-refractivity contribution in [2.75, 3.05) is 39.1 Å². The summed E-state index contributed by atoms with van der Waals surface area (Å²) in [5, 5.41) is 7.78. The standard InChI is InChI=1S/C24H26N4O3S2/c1-28(2)11-12-31-24(30)22-19(16-7-9-25-10-8-16)13-21(33-22)17-3-5-18(6-4-17)27-23(29)20-14-32-15-26-20/h3-7,9,13-16,25H,8,10-12H2,1-2H3,(H,27,29). The third kappa shape index (κ3) is 5.87. The number of ether oxygens (including phenoxy) is 1. The van der Waals surface area contributed by atoms with Crippen molar-refractivity contribution in [1.29, 1.82) is 0 Å². The van der Waals surface area contributed by atoms with Gasteiger partial charge in [-0.2, -0.15) is 0 Å². The average Bonchev–Trinajstić information content (AvgIpc) is 3.51. The lowest BCUT2D eigenvalue weighted by atomic mass is 9.93. The van der Waals surface area contributed by atoms with Crippen molar-refractivity contribution >= 4 is 40.2 Å². The number of carbonyl (C=O) groups is 2. The number of esters is 1. The summed E-state index contributed by atoms with van der Waals surface area (Å²) < 4.78 is 5.56. The van der Waals surface area contributed by atoms with Gasteiger partial charge in [-0.3, -0.25) is 4.79 Å². The smallest absolute Gasteiger partial charge is 0.348 e. The normalized spacial score (nSPS) is 15.3. The summed E-state index contributed by atoms with van der Waals surface area (Å²) >= 11 is 2.84. The summed E-state index contributed by atoms with van der Waals surface area (Å²) in [6.45, 7) is 1.91. The number of amides is 1. The van der Waals surface area contributed by atoms with Crippen molar-refractivity contribution in [3.05, 3.63) is 69.6 Å². The van der Waals surface area contributed by atoms with Crippen LogP contribution >= 0.6 is 22.7 Å². The number of allylic oxidation sites excluding steroid dienone is 1. The molecule has 1 atom stereocenters. The molecule has 1 unspecified atom stereocenters. The van der Waals surface area contributed by atoms with Gasteiger partial charge in [-0.05, 0) is 56.0 Å². The third-order valence-electron chi connectivity index (χ3n) is 5.26. The number of aromatic nitrogens is 1. The Labute approximate surface area is 201 Å². The van der Waals surface area contributed by atoms with E-state index in [4.69, 9.17) is 4.74 Å². The van der Waals surface area contributed by atoms with Gasteiger partial charge in [0.15, 0.2) is 0 Å². The molecule has 0 spiro atoms. The molecule has 1 aliphatic heterocycles. The molecule has 0 saturated heterocycles. The molecule has 0 saturated carbocycles. The molecule has 2 aromatic heterocycles. The summed E-state index contributed by atoms with van der Waals surface area (Å²) in [6, 6.07) is 9.71. The highest BCUT2D eigenvalue weighted by molar-refractivity contribution is 7.17. The highest BCUT2D eigenvalue weighted by Crippen LogP contribution is 2.38. The van der Waals surface area contributed by atoms with Gasteiger partial charge in [0, 0.05) is 35.0 Å². The van der Waals surface area contributed by atoms with Crippen LogP contribution in [0, 0.1) is 0 Å². The lowest BCUT2D eigenvalue weighted by molar-refractivity contribution is 0.0486. The van der Waals surface area contributed by atoms with Crippen molar-refractivity contribution < 1.29 is 14.3 Å². The van der Waals surface area contributed by atoms with Crippen LogP contribution in [0.5, 0.6) is 0 Å². The van der Waals surface area contributed by atoms with Crippen molar-refractivity contribution in [3.63, 3.8) is 0 Å². The Hall–Kier alpha value is -3.01. The van der Waals surface area contributed by atoms with E-state index >= 15 is 0 Å². The van der Waals surface area contributed by atoms with Gasteiger partial charge < -0.3 is 20.3 Å². The van der Waals surface area contributed by atoms with Crippen LogP contribution in [0.25, 0.3) is 10.4 Å². The van der Waals surface area contributed by atoms with E-state index in [2.05, 4.69) is 27.8 Å². The number of rotatable bonds is 8. The summed E-state index contributed by atoms with van der Waals surface area (Å²) in [4.78, 5) is 32.8. The highest BCUT2D eigenvalue weighted by atomic mass is 32.1. The number of thiophene rings is 1. The Bertz CT molecular complexity index is 1120. The number of thiazole rings is 1. The van der Waals surface area contributed by atoms with Gasteiger partial charge in [-0.1, -0.05) is 18.2 Å². The molecule has 3 heterocycles. The predicted octanol–water partition coefficient (Wildman–Crippen LogP) is 4.43. The summed E-state index contributed by atoms with van der Waals surface area (Å²) in [7, 11) is 3.90. The lowest BCUT2D eigenvalue weighted by Crippen LogP contribution is -2.21.